The summed E-state index contributed by atoms with van der Waals surface area (Å²) in [5.41, 5.74) is 9.37. The van der Waals surface area contributed by atoms with Gasteiger partial charge in [0, 0.05) is 24.8 Å². The quantitative estimate of drug-likeness (QED) is 0.885. The number of aryl methyl sites for hydroxylation is 2. The Kier molecular flexibility index (Phi) is 4.71. The number of hydrogen-bond acceptors (Lipinski definition) is 3. The van der Waals surface area contributed by atoms with Gasteiger partial charge in [0.2, 0.25) is 5.91 Å². The van der Waals surface area contributed by atoms with Crippen LogP contribution in [-0.4, -0.2) is 27.8 Å². The lowest BCUT2D eigenvalue weighted by molar-refractivity contribution is -0.128. The van der Waals surface area contributed by atoms with Crippen molar-refractivity contribution < 1.29 is 4.79 Å². The number of carbonyl (C=O) groups excluding carboxylic acids is 1. The van der Waals surface area contributed by atoms with Crippen LogP contribution in [0, 0.1) is 19.8 Å². The van der Waals surface area contributed by atoms with Crippen LogP contribution in [0.15, 0.2) is 0 Å². The van der Waals surface area contributed by atoms with E-state index in [0.29, 0.717) is 6.54 Å². The average Bonchev–Trinajstić information content (AvgIpc) is 2.64. The van der Waals surface area contributed by atoms with Gasteiger partial charge in [-0.25, -0.2) is 0 Å². The van der Waals surface area contributed by atoms with Crippen LogP contribution in [0.25, 0.3) is 0 Å². The maximum atomic E-state index is 12.4. The lowest BCUT2D eigenvalue weighted by Crippen LogP contribution is -2.53. The highest BCUT2D eigenvalue weighted by molar-refractivity contribution is 5.80. The van der Waals surface area contributed by atoms with Gasteiger partial charge in [0.25, 0.3) is 0 Å². The molecule has 2 rings (SSSR count). The molecule has 1 aromatic heterocycles. The van der Waals surface area contributed by atoms with Crippen molar-refractivity contribution in [2.75, 3.05) is 6.54 Å². The Balaban J connectivity index is 1.89. The molecule has 1 heterocycles. The van der Waals surface area contributed by atoms with Gasteiger partial charge < -0.3 is 11.1 Å². The maximum absolute atomic E-state index is 12.4. The Morgan fingerprint density at radius 2 is 2.19 bits per heavy atom. The molecule has 0 spiro atoms. The predicted molar refractivity (Wildman–Crippen MR) is 83.9 cm³/mol. The maximum Gasteiger partial charge on any atom is 0.224 e. The van der Waals surface area contributed by atoms with Crippen molar-refractivity contribution in [3.8, 4) is 0 Å². The summed E-state index contributed by atoms with van der Waals surface area (Å²) in [6.45, 7) is 6.74. The minimum Gasteiger partial charge on any atom is -0.355 e. The third-order valence-electron chi connectivity index (χ3n) is 4.90. The van der Waals surface area contributed by atoms with Crippen molar-refractivity contribution in [1.82, 2.24) is 15.1 Å². The second-order valence-electron chi connectivity index (χ2n) is 6.62. The minimum atomic E-state index is -0.359. The molecule has 1 aliphatic rings. The topological polar surface area (TPSA) is 72.9 Å². The molecule has 0 aliphatic heterocycles. The number of hydrogen-bond donors (Lipinski definition) is 2. The van der Waals surface area contributed by atoms with E-state index < -0.39 is 0 Å². The predicted octanol–water partition coefficient (Wildman–Crippen LogP) is 1.60. The van der Waals surface area contributed by atoms with Crippen molar-refractivity contribution >= 4 is 5.91 Å². The van der Waals surface area contributed by atoms with Gasteiger partial charge in [-0.15, -0.1) is 0 Å². The first kappa shape index (κ1) is 16.0. The Bertz CT molecular complexity index is 519. The Labute approximate surface area is 127 Å². The second-order valence-corrected chi connectivity index (χ2v) is 6.62. The summed E-state index contributed by atoms with van der Waals surface area (Å²) in [4.78, 5) is 12.4. The molecule has 118 valence electrons. The average molecular weight is 292 g/mol. The molecule has 0 radical (unpaired) electrons. The van der Waals surface area contributed by atoms with Crippen molar-refractivity contribution in [3.05, 3.63) is 17.0 Å². The van der Waals surface area contributed by atoms with Crippen LogP contribution < -0.4 is 11.1 Å². The molecule has 0 saturated heterocycles. The molecule has 1 amide bonds. The highest BCUT2D eigenvalue weighted by atomic mass is 16.1. The number of amides is 1. The van der Waals surface area contributed by atoms with E-state index in [1.165, 1.54) is 11.3 Å². The van der Waals surface area contributed by atoms with Gasteiger partial charge in [-0.05, 0) is 45.6 Å². The second kappa shape index (κ2) is 6.18. The third-order valence-corrected chi connectivity index (χ3v) is 4.90. The Hall–Kier alpha value is -1.36. The van der Waals surface area contributed by atoms with Crippen LogP contribution in [-0.2, 0) is 18.3 Å². The van der Waals surface area contributed by atoms with E-state index in [4.69, 9.17) is 5.73 Å². The van der Waals surface area contributed by atoms with Crippen molar-refractivity contribution in [1.29, 1.82) is 0 Å². The summed E-state index contributed by atoms with van der Waals surface area (Å²) in [6, 6.07) is 0. The molecule has 1 aliphatic carbocycles. The van der Waals surface area contributed by atoms with E-state index >= 15 is 0 Å². The molecule has 1 fully saturated rings. The molecular formula is C16H28N4O. The van der Waals surface area contributed by atoms with Gasteiger partial charge >= 0.3 is 0 Å². The molecule has 2 unspecified atom stereocenters. The monoisotopic (exact) mass is 292 g/mol. The van der Waals surface area contributed by atoms with Crippen LogP contribution in [0.4, 0.5) is 0 Å². The molecule has 1 aromatic rings. The number of nitrogens with two attached hydrogens (primary N) is 1. The fourth-order valence-corrected chi connectivity index (χ4v) is 3.40. The van der Waals surface area contributed by atoms with Gasteiger partial charge in [-0.1, -0.05) is 12.8 Å². The fraction of sp³-hybridized carbons (Fsp3) is 0.750. The molecule has 21 heavy (non-hydrogen) atoms. The molecule has 2 atom stereocenters. The molecule has 1 saturated carbocycles. The number of aromatic nitrogens is 2. The number of rotatable bonds is 4. The van der Waals surface area contributed by atoms with Crippen molar-refractivity contribution in [2.24, 2.45) is 18.7 Å². The first-order valence-electron chi connectivity index (χ1n) is 7.88. The molecule has 5 nitrogen and oxygen atoms in total. The van der Waals surface area contributed by atoms with Crippen LogP contribution in [0.5, 0.6) is 0 Å². The van der Waals surface area contributed by atoms with Crippen LogP contribution in [0.2, 0.25) is 0 Å². The normalized spacial score (nSPS) is 25.9. The summed E-state index contributed by atoms with van der Waals surface area (Å²) < 4.78 is 1.89. The third kappa shape index (κ3) is 3.46. The molecule has 5 heteroatoms. The van der Waals surface area contributed by atoms with Gasteiger partial charge in [-0.2, -0.15) is 5.10 Å². The largest absolute Gasteiger partial charge is 0.355 e. The molecule has 0 bridgehead atoms. The number of nitrogens with one attached hydrogen (secondary N) is 1. The minimum absolute atomic E-state index is 0.0534. The number of nitrogens with zero attached hydrogens (tertiary/aromatic N) is 2. The van der Waals surface area contributed by atoms with Gasteiger partial charge in [0.05, 0.1) is 11.6 Å². The lowest BCUT2D eigenvalue weighted by atomic mass is 9.74. The van der Waals surface area contributed by atoms with E-state index in [-0.39, 0.29) is 17.4 Å². The van der Waals surface area contributed by atoms with E-state index in [9.17, 15) is 4.79 Å². The van der Waals surface area contributed by atoms with Gasteiger partial charge in [0.1, 0.15) is 0 Å². The molecule has 3 N–H and O–H groups in total. The zero-order valence-electron chi connectivity index (χ0n) is 13.7. The molecule has 0 aromatic carbocycles. The van der Waals surface area contributed by atoms with Crippen molar-refractivity contribution in [3.63, 3.8) is 0 Å². The van der Waals surface area contributed by atoms with Gasteiger partial charge in [-0.3, -0.25) is 9.48 Å². The van der Waals surface area contributed by atoms with Crippen molar-refractivity contribution in [2.45, 2.75) is 58.4 Å². The Morgan fingerprint density at radius 1 is 1.48 bits per heavy atom. The van der Waals surface area contributed by atoms with Crippen LogP contribution >= 0.6 is 0 Å². The first-order chi connectivity index (χ1) is 9.83. The summed E-state index contributed by atoms with van der Waals surface area (Å²) >= 11 is 0. The van der Waals surface area contributed by atoms with E-state index in [1.54, 1.807) is 0 Å². The Morgan fingerprint density at radius 3 is 2.76 bits per heavy atom. The highest BCUT2D eigenvalue weighted by Crippen LogP contribution is 2.31. The van der Waals surface area contributed by atoms with E-state index in [0.717, 1.165) is 37.8 Å². The SMILES string of the molecule is Cc1nn(C)c(C)c1CCNC(=O)C1CCCCC1(C)N. The van der Waals surface area contributed by atoms with Gasteiger partial charge in [0.15, 0.2) is 0 Å². The fourth-order valence-electron chi connectivity index (χ4n) is 3.40. The van der Waals surface area contributed by atoms with Crippen LogP contribution in [0.1, 0.15) is 49.6 Å². The summed E-state index contributed by atoms with van der Waals surface area (Å²) in [5.74, 6) is 0.0567. The standard InChI is InChI=1S/C16H28N4O/c1-11-13(12(2)20(4)19-11)8-10-18-15(21)14-7-5-6-9-16(14,3)17/h14H,5-10,17H2,1-4H3,(H,18,21). The number of carbonyl (C=O) groups is 1. The first-order valence-corrected chi connectivity index (χ1v) is 7.88. The zero-order valence-corrected chi connectivity index (χ0v) is 13.7. The van der Waals surface area contributed by atoms with Crippen LogP contribution in [0.3, 0.4) is 0 Å². The van der Waals surface area contributed by atoms with E-state index in [2.05, 4.69) is 17.3 Å². The smallest absolute Gasteiger partial charge is 0.224 e. The lowest BCUT2D eigenvalue weighted by Gasteiger charge is -2.37. The highest BCUT2D eigenvalue weighted by Gasteiger charge is 2.37. The summed E-state index contributed by atoms with van der Waals surface area (Å²) in [7, 11) is 1.95. The summed E-state index contributed by atoms with van der Waals surface area (Å²) in [5, 5.41) is 7.47. The molecular weight excluding hydrogens is 264 g/mol. The summed E-state index contributed by atoms with van der Waals surface area (Å²) in [6.07, 6.45) is 4.90. The zero-order chi connectivity index (χ0) is 15.6. The van der Waals surface area contributed by atoms with E-state index in [1.807, 2.05) is 25.6 Å².